The zero-order valence-electron chi connectivity index (χ0n) is 17.4. The molecule has 1 aromatic rings. The molecule has 0 saturated carbocycles. The molecule has 0 aliphatic carbocycles. The second-order valence-electron chi connectivity index (χ2n) is 9.07. The molecule has 3 N–H and O–H groups in total. The van der Waals surface area contributed by atoms with Crippen LogP contribution in [0, 0.1) is 5.41 Å². The van der Waals surface area contributed by atoms with E-state index in [1.165, 1.54) is 44.5 Å². The summed E-state index contributed by atoms with van der Waals surface area (Å²) in [4.78, 5) is 28.5. The summed E-state index contributed by atoms with van der Waals surface area (Å²) in [5.41, 5.74) is 8.44. The van der Waals surface area contributed by atoms with Crippen molar-refractivity contribution in [2.75, 3.05) is 44.2 Å². The lowest BCUT2D eigenvalue weighted by molar-refractivity contribution is -0.134. The average molecular weight is 399 g/mol. The Morgan fingerprint density at radius 3 is 2.28 bits per heavy atom. The number of carbonyl (C=O) groups is 2. The molecule has 4 rings (SSSR count). The average Bonchev–Trinajstić information content (AvgIpc) is 2.74. The van der Waals surface area contributed by atoms with Crippen LogP contribution in [0.15, 0.2) is 24.3 Å². The molecule has 3 saturated heterocycles. The van der Waals surface area contributed by atoms with E-state index >= 15 is 0 Å². The lowest BCUT2D eigenvalue weighted by atomic mass is 9.71. The van der Waals surface area contributed by atoms with Crippen LogP contribution in [-0.4, -0.2) is 56.0 Å². The number of benzene rings is 1. The maximum absolute atomic E-state index is 12.1. The molecule has 1 unspecified atom stereocenters. The Balaban J connectivity index is 1.30. The van der Waals surface area contributed by atoms with E-state index in [1.54, 1.807) is 0 Å². The number of imide groups is 1. The van der Waals surface area contributed by atoms with Gasteiger partial charge in [0.1, 0.15) is 0 Å². The molecule has 3 aliphatic heterocycles. The molecule has 1 aromatic carbocycles. The summed E-state index contributed by atoms with van der Waals surface area (Å²) in [5, 5.41) is 2.46. The SMILES string of the molecule is NCCCN1CCC2(CC1)CCN(c1ccc(C3CCC(=O)NC3=O)cc1)CC2. The minimum absolute atomic E-state index is 0.157. The Kier molecular flexibility index (Phi) is 6.20. The minimum atomic E-state index is -0.198. The summed E-state index contributed by atoms with van der Waals surface area (Å²) < 4.78 is 0. The van der Waals surface area contributed by atoms with Crippen LogP contribution in [0.2, 0.25) is 0 Å². The number of likely N-dealkylation sites (tertiary alicyclic amines) is 1. The zero-order chi connectivity index (χ0) is 20.3. The number of carbonyl (C=O) groups excluding carboxylic acids is 2. The van der Waals surface area contributed by atoms with Crippen LogP contribution < -0.4 is 16.0 Å². The fraction of sp³-hybridized carbons (Fsp3) is 0.652. The predicted octanol–water partition coefficient (Wildman–Crippen LogP) is 2.24. The van der Waals surface area contributed by atoms with Gasteiger partial charge >= 0.3 is 0 Å². The van der Waals surface area contributed by atoms with E-state index in [2.05, 4.69) is 39.4 Å². The van der Waals surface area contributed by atoms with Gasteiger partial charge in [-0.15, -0.1) is 0 Å². The molecule has 6 heteroatoms. The molecule has 2 amide bonds. The van der Waals surface area contributed by atoms with Crippen molar-refractivity contribution in [2.45, 2.75) is 50.9 Å². The lowest BCUT2D eigenvalue weighted by Gasteiger charge is -2.47. The fourth-order valence-electron chi connectivity index (χ4n) is 5.23. The summed E-state index contributed by atoms with van der Waals surface area (Å²) in [7, 11) is 0. The molecule has 6 nitrogen and oxygen atoms in total. The largest absolute Gasteiger partial charge is 0.371 e. The molecule has 0 bridgehead atoms. The van der Waals surface area contributed by atoms with Crippen molar-refractivity contribution < 1.29 is 9.59 Å². The maximum Gasteiger partial charge on any atom is 0.234 e. The molecule has 1 atom stereocenters. The van der Waals surface area contributed by atoms with E-state index in [0.29, 0.717) is 18.3 Å². The topological polar surface area (TPSA) is 78.7 Å². The van der Waals surface area contributed by atoms with Gasteiger partial charge in [0.05, 0.1) is 5.92 Å². The number of anilines is 1. The van der Waals surface area contributed by atoms with Crippen LogP contribution in [0.4, 0.5) is 5.69 Å². The Morgan fingerprint density at radius 1 is 1.00 bits per heavy atom. The number of nitrogens with zero attached hydrogens (tertiary/aromatic N) is 2. The van der Waals surface area contributed by atoms with E-state index in [4.69, 9.17) is 5.73 Å². The van der Waals surface area contributed by atoms with Crippen molar-refractivity contribution >= 4 is 17.5 Å². The molecule has 3 heterocycles. The van der Waals surface area contributed by atoms with Crippen molar-refractivity contribution in [1.29, 1.82) is 0 Å². The highest BCUT2D eigenvalue weighted by molar-refractivity contribution is 6.00. The first-order valence-corrected chi connectivity index (χ1v) is 11.2. The van der Waals surface area contributed by atoms with E-state index in [0.717, 1.165) is 38.2 Å². The van der Waals surface area contributed by atoms with Gasteiger partial charge in [0.25, 0.3) is 0 Å². The van der Waals surface area contributed by atoms with Gasteiger partial charge in [-0.3, -0.25) is 14.9 Å². The smallest absolute Gasteiger partial charge is 0.234 e. The summed E-state index contributed by atoms with van der Waals surface area (Å²) >= 11 is 0. The van der Waals surface area contributed by atoms with Crippen LogP contribution in [0.1, 0.15) is 56.4 Å². The number of amides is 2. The molecular weight excluding hydrogens is 364 g/mol. The summed E-state index contributed by atoms with van der Waals surface area (Å²) in [5.74, 6) is -0.516. The van der Waals surface area contributed by atoms with E-state index in [-0.39, 0.29) is 17.7 Å². The van der Waals surface area contributed by atoms with Gasteiger partial charge in [0, 0.05) is 25.2 Å². The first-order valence-electron chi connectivity index (χ1n) is 11.2. The molecule has 0 aromatic heterocycles. The van der Waals surface area contributed by atoms with Gasteiger partial charge in [-0.05, 0) is 87.8 Å². The number of nitrogens with two attached hydrogens (primary N) is 1. The predicted molar refractivity (Wildman–Crippen MR) is 115 cm³/mol. The van der Waals surface area contributed by atoms with Gasteiger partial charge in [0.2, 0.25) is 11.8 Å². The van der Waals surface area contributed by atoms with Gasteiger partial charge in [-0.2, -0.15) is 0 Å². The second-order valence-corrected chi connectivity index (χ2v) is 9.07. The third-order valence-corrected chi connectivity index (χ3v) is 7.32. The number of nitrogens with one attached hydrogen (secondary N) is 1. The second kappa shape index (κ2) is 8.84. The van der Waals surface area contributed by atoms with Crippen LogP contribution in [0.3, 0.4) is 0 Å². The van der Waals surface area contributed by atoms with Gasteiger partial charge < -0.3 is 15.5 Å². The third kappa shape index (κ3) is 4.64. The first-order chi connectivity index (χ1) is 14.1. The number of rotatable bonds is 5. The first kappa shape index (κ1) is 20.4. The van der Waals surface area contributed by atoms with Crippen molar-refractivity contribution in [1.82, 2.24) is 10.2 Å². The van der Waals surface area contributed by atoms with E-state index < -0.39 is 0 Å². The molecular formula is C23H34N4O2. The highest BCUT2D eigenvalue weighted by Crippen LogP contribution is 2.42. The Hall–Kier alpha value is -1.92. The number of hydrogen-bond acceptors (Lipinski definition) is 5. The molecule has 3 fully saturated rings. The van der Waals surface area contributed by atoms with E-state index in [1.807, 2.05) is 0 Å². The maximum atomic E-state index is 12.1. The van der Waals surface area contributed by atoms with Crippen molar-refractivity contribution in [3.8, 4) is 0 Å². The van der Waals surface area contributed by atoms with Crippen LogP contribution >= 0.6 is 0 Å². The standard InChI is InChI=1S/C23H34N4O2/c24-12-1-13-26-14-8-23(9-15-26)10-16-27(17-11-23)19-4-2-18(3-5-19)20-6-7-21(28)25-22(20)29/h2-5,20H,1,6-17,24H2,(H,25,28,29). The quantitative estimate of drug-likeness (QED) is 0.744. The zero-order valence-corrected chi connectivity index (χ0v) is 17.4. The Labute approximate surface area is 173 Å². The third-order valence-electron chi connectivity index (χ3n) is 7.32. The van der Waals surface area contributed by atoms with Crippen molar-refractivity contribution in [3.05, 3.63) is 29.8 Å². The lowest BCUT2D eigenvalue weighted by Crippen LogP contribution is -2.47. The van der Waals surface area contributed by atoms with Gasteiger partial charge in [-0.25, -0.2) is 0 Å². The summed E-state index contributed by atoms with van der Waals surface area (Å²) in [6.45, 7) is 6.61. The molecule has 1 spiro atoms. The molecule has 0 radical (unpaired) electrons. The Bertz CT molecular complexity index is 715. The summed E-state index contributed by atoms with van der Waals surface area (Å²) in [6.07, 6.45) is 7.32. The molecule has 29 heavy (non-hydrogen) atoms. The number of hydrogen-bond donors (Lipinski definition) is 2. The van der Waals surface area contributed by atoms with Gasteiger partial charge in [-0.1, -0.05) is 12.1 Å². The minimum Gasteiger partial charge on any atom is -0.371 e. The highest BCUT2D eigenvalue weighted by Gasteiger charge is 2.37. The Morgan fingerprint density at radius 2 is 1.66 bits per heavy atom. The fourth-order valence-corrected chi connectivity index (χ4v) is 5.23. The van der Waals surface area contributed by atoms with Crippen LogP contribution in [0.5, 0.6) is 0 Å². The normalized spacial score (nSPS) is 25.3. The monoisotopic (exact) mass is 398 g/mol. The van der Waals surface area contributed by atoms with Crippen molar-refractivity contribution in [3.63, 3.8) is 0 Å². The molecule has 158 valence electrons. The van der Waals surface area contributed by atoms with Crippen LogP contribution in [0.25, 0.3) is 0 Å². The van der Waals surface area contributed by atoms with E-state index in [9.17, 15) is 9.59 Å². The number of piperidine rings is 3. The highest BCUT2D eigenvalue weighted by atomic mass is 16.2. The summed E-state index contributed by atoms with van der Waals surface area (Å²) in [6, 6.07) is 8.42. The van der Waals surface area contributed by atoms with Crippen LogP contribution in [-0.2, 0) is 9.59 Å². The van der Waals surface area contributed by atoms with Gasteiger partial charge in [0.15, 0.2) is 0 Å². The molecule has 3 aliphatic rings. The van der Waals surface area contributed by atoms with Crippen molar-refractivity contribution in [2.24, 2.45) is 11.1 Å².